The zero-order chi connectivity index (χ0) is 13.8. The Bertz CT molecular complexity index is 531. The van der Waals surface area contributed by atoms with Crippen molar-refractivity contribution in [2.75, 3.05) is 13.1 Å². The van der Waals surface area contributed by atoms with E-state index in [0.29, 0.717) is 11.8 Å². The van der Waals surface area contributed by atoms with E-state index in [2.05, 4.69) is 36.9 Å². The zero-order valence-electron chi connectivity index (χ0n) is 12.1. The van der Waals surface area contributed by atoms with Crippen LogP contribution in [0.4, 0.5) is 0 Å². The van der Waals surface area contributed by atoms with Crippen LogP contribution in [0.5, 0.6) is 5.75 Å². The molecule has 0 saturated carbocycles. The monoisotopic (exact) mass is 260 g/mol. The number of aromatic amines is 1. The average Bonchev–Trinajstić information content (AvgIpc) is 2.76. The molecular weight excluding hydrogens is 236 g/mol. The summed E-state index contributed by atoms with van der Waals surface area (Å²) in [7, 11) is 0. The Kier molecular flexibility index (Phi) is 4.48. The first-order valence-electron chi connectivity index (χ1n) is 7.15. The fourth-order valence-corrected chi connectivity index (χ4v) is 2.55. The number of benzene rings is 1. The Labute approximate surface area is 115 Å². The molecule has 1 heterocycles. The second-order valence-corrected chi connectivity index (χ2v) is 5.42. The minimum absolute atomic E-state index is 0.336. The number of aromatic nitrogens is 1. The van der Waals surface area contributed by atoms with Gasteiger partial charge in [0.1, 0.15) is 5.75 Å². The largest absolute Gasteiger partial charge is 0.508 e. The predicted molar refractivity (Wildman–Crippen MR) is 80.7 cm³/mol. The van der Waals surface area contributed by atoms with E-state index in [1.165, 1.54) is 12.0 Å². The molecule has 0 aliphatic heterocycles. The fourth-order valence-electron chi connectivity index (χ4n) is 2.55. The molecule has 2 aromatic rings. The van der Waals surface area contributed by atoms with Gasteiger partial charge in [-0.15, -0.1) is 0 Å². The third-order valence-electron chi connectivity index (χ3n) is 3.66. The molecule has 1 aromatic carbocycles. The molecule has 2 rings (SSSR count). The molecule has 0 atom stereocenters. The van der Waals surface area contributed by atoms with Crippen LogP contribution in [0, 0.1) is 0 Å². The van der Waals surface area contributed by atoms with Gasteiger partial charge in [0.25, 0.3) is 0 Å². The number of fused-ring (bicyclic) bond motifs is 1. The number of phenolic OH excluding ortho intramolecular Hbond substituents is 1. The third kappa shape index (κ3) is 3.29. The minimum atomic E-state index is 0.336. The van der Waals surface area contributed by atoms with Crippen LogP contribution in [-0.4, -0.2) is 34.1 Å². The number of nitrogens with one attached hydrogen (secondary N) is 1. The summed E-state index contributed by atoms with van der Waals surface area (Å²) in [4.78, 5) is 5.77. The number of hydrogen-bond donors (Lipinski definition) is 2. The van der Waals surface area contributed by atoms with Gasteiger partial charge in [-0.05, 0) is 57.0 Å². The van der Waals surface area contributed by atoms with Crippen molar-refractivity contribution in [2.24, 2.45) is 0 Å². The smallest absolute Gasteiger partial charge is 0.116 e. The van der Waals surface area contributed by atoms with Crippen LogP contribution in [0.2, 0.25) is 0 Å². The molecule has 3 nitrogen and oxygen atoms in total. The Morgan fingerprint density at radius 3 is 2.74 bits per heavy atom. The maximum Gasteiger partial charge on any atom is 0.116 e. The first-order valence-corrected chi connectivity index (χ1v) is 7.15. The highest BCUT2D eigenvalue weighted by Gasteiger charge is 2.10. The topological polar surface area (TPSA) is 39.3 Å². The molecule has 0 fully saturated rings. The van der Waals surface area contributed by atoms with E-state index in [9.17, 15) is 5.11 Å². The van der Waals surface area contributed by atoms with Gasteiger partial charge in [0.05, 0.1) is 0 Å². The van der Waals surface area contributed by atoms with Crippen LogP contribution in [0.25, 0.3) is 10.9 Å². The lowest BCUT2D eigenvalue weighted by Crippen LogP contribution is -2.33. The molecule has 2 N–H and O–H groups in total. The Morgan fingerprint density at radius 1 is 1.26 bits per heavy atom. The second kappa shape index (κ2) is 6.11. The summed E-state index contributed by atoms with van der Waals surface area (Å²) >= 11 is 0. The Morgan fingerprint density at radius 2 is 2.05 bits per heavy atom. The highest BCUT2D eigenvalue weighted by Crippen LogP contribution is 2.23. The lowest BCUT2D eigenvalue weighted by Gasteiger charge is -2.25. The van der Waals surface area contributed by atoms with Crippen molar-refractivity contribution in [3.63, 3.8) is 0 Å². The number of H-pyrrole nitrogens is 1. The number of rotatable bonds is 6. The fraction of sp³-hybridized carbons (Fsp3) is 0.500. The zero-order valence-corrected chi connectivity index (χ0v) is 12.1. The van der Waals surface area contributed by atoms with Crippen molar-refractivity contribution < 1.29 is 5.11 Å². The van der Waals surface area contributed by atoms with E-state index in [-0.39, 0.29) is 0 Å². The van der Waals surface area contributed by atoms with Crippen molar-refractivity contribution in [2.45, 2.75) is 39.7 Å². The number of hydrogen-bond acceptors (Lipinski definition) is 2. The quantitative estimate of drug-likeness (QED) is 0.834. The van der Waals surface area contributed by atoms with Crippen molar-refractivity contribution in [3.8, 4) is 5.75 Å². The molecular formula is C16H24N2O. The summed E-state index contributed by atoms with van der Waals surface area (Å²) in [5, 5.41) is 10.7. The predicted octanol–water partition coefficient (Wildman–Crippen LogP) is 3.54. The second-order valence-electron chi connectivity index (χ2n) is 5.42. The van der Waals surface area contributed by atoms with Gasteiger partial charge in [0.2, 0.25) is 0 Å². The maximum atomic E-state index is 9.60. The van der Waals surface area contributed by atoms with Crippen molar-refractivity contribution >= 4 is 10.9 Å². The van der Waals surface area contributed by atoms with E-state index in [0.717, 1.165) is 30.4 Å². The molecule has 0 aliphatic carbocycles. The summed E-state index contributed by atoms with van der Waals surface area (Å²) in [5.41, 5.74) is 2.38. The minimum Gasteiger partial charge on any atom is -0.508 e. The molecule has 19 heavy (non-hydrogen) atoms. The van der Waals surface area contributed by atoms with Crippen LogP contribution in [0.15, 0.2) is 24.4 Å². The molecule has 0 unspecified atom stereocenters. The molecule has 0 amide bonds. The van der Waals surface area contributed by atoms with E-state index in [1.54, 1.807) is 6.07 Å². The van der Waals surface area contributed by atoms with Gasteiger partial charge in [-0.25, -0.2) is 0 Å². The van der Waals surface area contributed by atoms with Gasteiger partial charge in [-0.1, -0.05) is 6.92 Å². The van der Waals surface area contributed by atoms with Gasteiger partial charge in [0, 0.05) is 29.7 Å². The van der Waals surface area contributed by atoms with Crippen LogP contribution in [0.3, 0.4) is 0 Å². The SMILES string of the molecule is CCCN(CCc1c[nH]c2ccc(O)cc12)C(C)C. The number of nitrogens with zero attached hydrogens (tertiary/aromatic N) is 1. The van der Waals surface area contributed by atoms with Gasteiger partial charge < -0.3 is 15.0 Å². The van der Waals surface area contributed by atoms with Gasteiger partial charge in [-0.3, -0.25) is 0 Å². The summed E-state index contributed by atoms with van der Waals surface area (Å²) in [5.74, 6) is 0.336. The van der Waals surface area contributed by atoms with Crippen LogP contribution in [-0.2, 0) is 6.42 Å². The lowest BCUT2D eigenvalue weighted by atomic mass is 10.1. The molecule has 1 aromatic heterocycles. The molecule has 0 spiro atoms. The Balaban J connectivity index is 2.10. The maximum absolute atomic E-state index is 9.60. The van der Waals surface area contributed by atoms with Crippen LogP contribution < -0.4 is 0 Å². The highest BCUT2D eigenvalue weighted by atomic mass is 16.3. The summed E-state index contributed by atoms with van der Waals surface area (Å²) in [6.07, 6.45) is 4.27. The van der Waals surface area contributed by atoms with Crippen molar-refractivity contribution in [1.82, 2.24) is 9.88 Å². The van der Waals surface area contributed by atoms with E-state index >= 15 is 0 Å². The first kappa shape index (κ1) is 13.9. The summed E-state index contributed by atoms with van der Waals surface area (Å²) in [6, 6.07) is 6.08. The van der Waals surface area contributed by atoms with Gasteiger partial charge in [0.15, 0.2) is 0 Å². The molecule has 0 radical (unpaired) electrons. The summed E-state index contributed by atoms with van der Waals surface area (Å²) < 4.78 is 0. The van der Waals surface area contributed by atoms with Crippen molar-refractivity contribution in [3.05, 3.63) is 30.0 Å². The van der Waals surface area contributed by atoms with Crippen molar-refractivity contribution in [1.29, 1.82) is 0 Å². The normalized spacial score (nSPS) is 11.8. The first-order chi connectivity index (χ1) is 9.11. The molecule has 0 saturated heterocycles. The standard InChI is InChI=1S/C16H24N2O/c1-4-8-18(12(2)3)9-7-13-11-17-16-6-5-14(19)10-15(13)16/h5-6,10-12,17,19H,4,7-9H2,1-3H3. The van der Waals surface area contributed by atoms with Gasteiger partial charge >= 0.3 is 0 Å². The highest BCUT2D eigenvalue weighted by molar-refractivity contribution is 5.84. The average molecular weight is 260 g/mol. The number of phenols is 1. The molecule has 0 aliphatic rings. The van der Waals surface area contributed by atoms with E-state index in [1.807, 2.05) is 12.1 Å². The molecule has 104 valence electrons. The van der Waals surface area contributed by atoms with Crippen LogP contribution in [0.1, 0.15) is 32.8 Å². The van der Waals surface area contributed by atoms with E-state index < -0.39 is 0 Å². The third-order valence-corrected chi connectivity index (χ3v) is 3.66. The lowest BCUT2D eigenvalue weighted by molar-refractivity contribution is 0.225. The molecule has 3 heteroatoms. The van der Waals surface area contributed by atoms with Crippen LogP contribution >= 0.6 is 0 Å². The Hall–Kier alpha value is -1.48. The summed E-state index contributed by atoms with van der Waals surface area (Å²) in [6.45, 7) is 8.92. The number of aromatic hydroxyl groups is 1. The van der Waals surface area contributed by atoms with E-state index in [4.69, 9.17) is 0 Å². The van der Waals surface area contributed by atoms with Gasteiger partial charge in [-0.2, -0.15) is 0 Å². The molecule has 0 bridgehead atoms.